The maximum atomic E-state index is 13.2. The van der Waals surface area contributed by atoms with E-state index in [0.29, 0.717) is 15.2 Å². The Hall–Kier alpha value is -2.12. The van der Waals surface area contributed by atoms with Gasteiger partial charge in [0.15, 0.2) is 6.10 Å². The smallest absolute Gasteiger partial charge is 0.265 e. The van der Waals surface area contributed by atoms with Crippen molar-refractivity contribution >= 4 is 45.0 Å². The quantitative estimate of drug-likeness (QED) is 0.656. The van der Waals surface area contributed by atoms with Gasteiger partial charge in [-0.3, -0.25) is 9.59 Å². The number of amides is 2. The summed E-state index contributed by atoms with van der Waals surface area (Å²) in [5, 5.41) is 5.80. The minimum absolute atomic E-state index is 0.0604. The molecule has 0 fully saturated rings. The number of carbonyl (C=O) groups is 2. The molecular formula is C19H19BrClFN2O3. The van der Waals surface area contributed by atoms with Crippen LogP contribution in [0.25, 0.3) is 0 Å². The van der Waals surface area contributed by atoms with Crippen molar-refractivity contribution in [2.24, 2.45) is 0 Å². The highest BCUT2D eigenvalue weighted by Gasteiger charge is 2.20. The maximum absolute atomic E-state index is 13.2. The number of halogens is 3. The predicted molar refractivity (Wildman–Crippen MR) is 107 cm³/mol. The molecule has 0 bridgehead atoms. The third-order valence-electron chi connectivity index (χ3n) is 3.47. The number of ether oxygens (including phenoxy) is 1. The zero-order valence-electron chi connectivity index (χ0n) is 15.0. The first-order valence-corrected chi connectivity index (χ1v) is 9.37. The highest BCUT2D eigenvalue weighted by Crippen LogP contribution is 2.27. The second kappa shape index (κ2) is 9.19. The van der Waals surface area contributed by atoms with Crippen molar-refractivity contribution in [3.05, 3.63) is 57.3 Å². The zero-order chi connectivity index (χ0) is 20.1. The van der Waals surface area contributed by atoms with E-state index in [1.807, 2.05) is 13.8 Å². The van der Waals surface area contributed by atoms with Crippen LogP contribution in [0.2, 0.25) is 5.02 Å². The van der Waals surface area contributed by atoms with Crippen LogP contribution in [0.4, 0.5) is 10.1 Å². The van der Waals surface area contributed by atoms with Gasteiger partial charge in [0, 0.05) is 11.1 Å². The van der Waals surface area contributed by atoms with Crippen LogP contribution in [-0.2, 0) is 4.79 Å². The van der Waals surface area contributed by atoms with Gasteiger partial charge in [-0.05, 0) is 73.1 Å². The first kappa shape index (κ1) is 21.2. The summed E-state index contributed by atoms with van der Waals surface area (Å²) in [7, 11) is 0. The molecule has 0 spiro atoms. The SMILES string of the molecule is CC(C)NC(=O)c1ccc(Cl)cc1NC(=O)C(C)Oc1ccc(F)cc1Br. The molecule has 2 N–H and O–H groups in total. The molecule has 5 nitrogen and oxygen atoms in total. The molecule has 0 heterocycles. The summed E-state index contributed by atoms with van der Waals surface area (Å²) in [6.45, 7) is 5.22. The van der Waals surface area contributed by atoms with E-state index in [4.69, 9.17) is 16.3 Å². The van der Waals surface area contributed by atoms with Crippen LogP contribution >= 0.6 is 27.5 Å². The van der Waals surface area contributed by atoms with Crippen molar-refractivity contribution in [3.63, 3.8) is 0 Å². The van der Waals surface area contributed by atoms with E-state index < -0.39 is 17.8 Å². The molecule has 0 aliphatic heterocycles. The molecule has 27 heavy (non-hydrogen) atoms. The first-order chi connectivity index (χ1) is 12.7. The van der Waals surface area contributed by atoms with E-state index in [-0.39, 0.29) is 23.2 Å². The van der Waals surface area contributed by atoms with Gasteiger partial charge in [0.1, 0.15) is 11.6 Å². The lowest BCUT2D eigenvalue weighted by molar-refractivity contribution is -0.122. The molecule has 2 rings (SSSR count). The van der Waals surface area contributed by atoms with Crippen LogP contribution in [0.1, 0.15) is 31.1 Å². The molecule has 1 unspecified atom stereocenters. The van der Waals surface area contributed by atoms with E-state index in [2.05, 4.69) is 26.6 Å². The van der Waals surface area contributed by atoms with Gasteiger partial charge in [-0.25, -0.2) is 4.39 Å². The average molecular weight is 458 g/mol. The largest absolute Gasteiger partial charge is 0.480 e. The standard InChI is InChI=1S/C19H19BrClFN2O3/c1-10(2)23-19(26)14-6-4-12(21)8-16(14)24-18(25)11(3)27-17-7-5-13(22)9-15(17)20/h4-11H,1-3H3,(H,23,26)(H,24,25). The van der Waals surface area contributed by atoms with Crippen LogP contribution in [0.5, 0.6) is 5.75 Å². The summed E-state index contributed by atoms with van der Waals surface area (Å²) in [6.07, 6.45) is -0.897. The van der Waals surface area contributed by atoms with Crippen molar-refractivity contribution in [1.29, 1.82) is 0 Å². The van der Waals surface area contributed by atoms with E-state index in [9.17, 15) is 14.0 Å². The zero-order valence-corrected chi connectivity index (χ0v) is 17.3. The third-order valence-corrected chi connectivity index (χ3v) is 4.33. The highest BCUT2D eigenvalue weighted by atomic mass is 79.9. The lowest BCUT2D eigenvalue weighted by Crippen LogP contribution is -2.33. The minimum Gasteiger partial charge on any atom is -0.480 e. The van der Waals surface area contributed by atoms with E-state index in [1.165, 1.54) is 30.3 Å². The molecular weight excluding hydrogens is 439 g/mol. The molecule has 0 aromatic heterocycles. The summed E-state index contributed by atoms with van der Waals surface area (Å²) in [5.74, 6) is -0.909. The number of benzene rings is 2. The van der Waals surface area contributed by atoms with Crippen LogP contribution in [0, 0.1) is 5.82 Å². The summed E-state index contributed by atoms with van der Waals surface area (Å²) < 4.78 is 19.1. The molecule has 2 aromatic carbocycles. The second-order valence-electron chi connectivity index (χ2n) is 6.14. The Balaban J connectivity index is 2.16. The summed E-state index contributed by atoms with van der Waals surface area (Å²) in [6, 6.07) is 8.44. The molecule has 0 saturated carbocycles. The lowest BCUT2D eigenvalue weighted by Gasteiger charge is -2.18. The average Bonchev–Trinajstić information content (AvgIpc) is 2.56. The van der Waals surface area contributed by atoms with Gasteiger partial charge in [-0.1, -0.05) is 11.6 Å². The maximum Gasteiger partial charge on any atom is 0.265 e. The highest BCUT2D eigenvalue weighted by molar-refractivity contribution is 9.10. The number of hydrogen-bond acceptors (Lipinski definition) is 3. The number of hydrogen-bond donors (Lipinski definition) is 2. The Morgan fingerprint density at radius 1 is 1.15 bits per heavy atom. The van der Waals surface area contributed by atoms with Crippen molar-refractivity contribution in [3.8, 4) is 5.75 Å². The fourth-order valence-corrected chi connectivity index (χ4v) is 2.82. The van der Waals surface area contributed by atoms with Gasteiger partial charge >= 0.3 is 0 Å². The van der Waals surface area contributed by atoms with Crippen LogP contribution < -0.4 is 15.4 Å². The molecule has 0 radical (unpaired) electrons. The number of carbonyl (C=O) groups excluding carboxylic acids is 2. The van der Waals surface area contributed by atoms with E-state index in [1.54, 1.807) is 13.0 Å². The Kier molecular flexibility index (Phi) is 7.21. The second-order valence-corrected chi connectivity index (χ2v) is 7.43. The van der Waals surface area contributed by atoms with Crippen LogP contribution in [-0.4, -0.2) is 24.0 Å². The minimum atomic E-state index is -0.897. The Morgan fingerprint density at radius 3 is 2.48 bits per heavy atom. The Labute approximate surface area is 170 Å². The fraction of sp³-hybridized carbons (Fsp3) is 0.263. The number of nitrogens with one attached hydrogen (secondary N) is 2. The molecule has 2 amide bonds. The Bertz CT molecular complexity index is 861. The lowest BCUT2D eigenvalue weighted by atomic mass is 10.1. The molecule has 144 valence electrons. The van der Waals surface area contributed by atoms with Crippen molar-refractivity contribution < 1.29 is 18.7 Å². The van der Waals surface area contributed by atoms with E-state index in [0.717, 1.165) is 0 Å². The van der Waals surface area contributed by atoms with Gasteiger partial charge < -0.3 is 15.4 Å². The molecule has 0 aliphatic rings. The predicted octanol–water partition coefficient (Wildman–Crippen LogP) is 4.79. The van der Waals surface area contributed by atoms with Crippen LogP contribution in [0.3, 0.4) is 0 Å². The normalized spacial score (nSPS) is 11.8. The van der Waals surface area contributed by atoms with Crippen molar-refractivity contribution in [1.82, 2.24) is 5.32 Å². The third kappa shape index (κ3) is 5.94. The molecule has 2 aromatic rings. The Morgan fingerprint density at radius 2 is 1.85 bits per heavy atom. The molecule has 0 aliphatic carbocycles. The van der Waals surface area contributed by atoms with Gasteiger partial charge in [0.25, 0.3) is 11.8 Å². The summed E-state index contributed by atoms with van der Waals surface area (Å²) in [5.41, 5.74) is 0.566. The number of anilines is 1. The topological polar surface area (TPSA) is 67.4 Å². The van der Waals surface area contributed by atoms with Gasteiger partial charge in [-0.2, -0.15) is 0 Å². The molecule has 1 atom stereocenters. The van der Waals surface area contributed by atoms with Crippen LogP contribution in [0.15, 0.2) is 40.9 Å². The van der Waals surface area contributed by atoms with E-state index >= 15 is 0 Å². The fourth-order valence-electron chi connectivity index (χ4n) is 2.21. The van der Waals surface area contributed by atoms with Gasteiger partial charge in [0.05, 0.1) is 15.7 Å². The summed E-state index contributed by atoms with van der Waals surface area (Å²) >= 11 is 9.19. The number of rotatable bonds is 6. The summed E-state index contributed by atoms with van der Waals surface area (Å²) in [4.78, 5) is 24.8. The van der Waals surface area contributed by atoms with Gasteiger partial charge in [-0.15, -0.1) is 0 Å². The molecule has 0 saturated heterocycles. The first-order valence-electron chi connectivity index (χ1n) is 8.20. The van der Waals surface area contributed by atoms with Crippen molar-refractivity contribution in [2.45, 2.75) is 32.9 Å². The molecule has 8 heteroatoms. The monoisotopic (exact) mass is 456 g/mol. The van der Waals surface area contributed by atoms with Gasteiger partial charge in [0.2, 0.25) is 0 Å². The van der Waals surface area contributed by atoms with Crippen molar-refractivity contribution in [2.75, 3.05) is 5.32 Å².